The van der Waals surface area contributed by atoms with Crippen molar-refractivity contribution in [3.63, 3.8) is 0 Å². The van der Waals surface area contributed by atoms with Crippen molar-refractivity contribution in [2.75, 3.05) is 59.6 Å². The molecule has 1 spiro atoms. The first kappa shape index (κ1) is 28.7. The number of rotatable bonds is 10. The van der Waals surface area contributed by atoms with Crippen LogP contribution in [0.3, 0.4) is 0 Å². The van der Waals surface area contributed by atoms with Crippen molar-refractivity contribution in [1.82, 2.24) is 20.1 Å². The van der Waals surface area contributed by atoms with Gasteiger partial charge in [-0.2, -0.15) is 13.2 Å². The Morgan fingerprint density at radius 2 is 1.88 bits per heavy atom. The molecule has 1 atom stereocenters. The third-order valence-corrected chi connectivity index (χ3v) is 7.83. The van der Waals surface area contributed by atoms with Crippen molar-refractivity contribution in [1.29, 1.82) is 0 Å². The number of nitrogens with zero attached hydrogens (tertiary/aromatic N) is 2. The quantitative estimate of drug-likeness (QED) is 0.359. The number of alkyl halides is 3. The van der Waals surface area contributed by atoms with Crippen LogP contribution in [0.1, 0.15) is 17.7 Å². The second kappa shape index (κ2) is 12.0. The summed E-state index contributed by atoms with van der Waals surface area (Å²) in [5.41, 5.74) is 3.08. The van der Waals surface area contributed by atoms with Gasteiger partial charge in [0.25, 0.3) is 5.91 Å². The first-order chi connectivity index (χ1) is 19.7. The average Bonchev–Trinajstić information content (AvgIpc) is 3.55. The minimum Gasteiger partial charge on any atom is -0.497 e. The topological polar surface area (TPSA) is 96.1 Å². The number of hydrogen-bond donors (Lipinski definition) is 2. The number of hydrogen-bond acceptors (Lipinski definition) is 7. The number of H-pyrrole nitrogens is 1. The first-order valence-corrected chi connectivity index (χ1v) is 13.5. The normalized spacial score (nSPS) is 19.3. The van der Waals surface area contributed by atoms with E-state index in [2.05, 4.69) is 30.9 Å². The van der Waals surface area contributed by atoms with Gasteiger partial charge >= 0.3 is 12.1 Å². The molecular formula is C29H33F3N4O5. The fourth-order valence-corrected chi connectivity index (χ4v) is 5.88. The lowest BCUT2D eigenvalue weighted by molar-refractivity contribution is -0.200. The molecular weight excluding hydrogens is 541 g/mol. The number of aromatic nitrogens is 1. The molecule has 1 aromatic heterocycles. The third kappa shape index (κ3) is 6.28. The summed E-state index contributed by atoms with van der Waals surface area (Å²) in [7, 11) is 1.65. The van der Waals surface area contributed by atoms with Gasteiger partial charge in [-0.1, -0.05) is 18.2 Å². The van der Waals surface area contributed by atoms with Crippen molar-refractivity contribution < 1.29 is 37.0 Å². The summed E-state index contributed by atoms with van der Waals surface area (Å²) in [6.07, 6.45) is -3.49. The summed E-state index contributed by atoms with van der Waals surface area (Å²) in [4.78, 5) is 31.4. The van der Waals surface area contributed by atoms with E-state index in [-0.39, 0.29) is 12.1 Å². The van der Waals surface area contributed by atoms with Crippen LogP contribution in [0.5, 0.6) is 11.5 Å². The van der Waals surface area contributed by atoms with Crippen LogP contribution in [0.4, 0.5) is 13.2 Å². The number of amides is 1. The predicted octanol–water partition coefficient (Wildman–Crippen LogP) is 3.24. The van der Waals surface area contributed by atoms with E-state index >= 15 is 0 Å². The van der Waals surface area contributed by atoms with E-state index in [1.165, 1.54) is 5.56 Å². The Bertz CT molecular complexity index is 1380. The summed E-state index contributed by atoms with van der Waals surface area (Å²) < 4.78 is 52.6. The van der Waals surface area contributed by atoms with Crippen LogP contribution in [-0.4, -0.2) is 92.4 Å². The van der Waals surface area contributed by atoms with Gasteiger partial charge in [-0.3, -0.25) is 14.6 Å². The SMILES string of the molecule is COc1ccc2[nH]c3c(c2c1)CCN(CCNC(=O)COC(=O)C(F)(F)F)C31CCN(CCOc2ccccc2)C1. The van der Waals surface area contributed by atoms with E-state index in [0.29, 0.717) is 13.2 Å². The zero-order valence-electron chi connectivity index (χ0n) is 22.8. The maximum absolute atomic E-state index is 12.4. The summed E-state index contributed by atoms with van der Waals surface area (Å²) in [6.45, 7) is 3.33. The molecule has 12 heteroatoms. The summed E-state index contributed by atoms with van der Waals surface area (Å²) in [5, 5.41) is 3.72. The van der Waals surface area contributed by atoms with E-state index in [9.17, 15) is 22.8 Å². The minimum atomic E-state index is -5.14. The number of carbonyl (C=O) groups is 2. The molecule has 0 aliphatic carbocycles. The Balaban J connectivity index is 1.29. The number of methoxy groups -OCH3 is 1. The lowest BCUT2D eigenvalue weighted by Crippen LogP contribution is -2.54. The maximum atomic E-state index is 12.4. The van der Waals surface area contributed by atoms with Crippen LogP contribution >= 0.6 is 0 Å². The van der Waals surface area contributed by atoms with Gasteiger partial charge in [-0.05, 0) is 48.7 Å². The number of ether oxygens (including phenoxy) is 3. The molecule has 2 N–H and O–H groups in total. The summed E-state index contributed by atoms with van der Waals surface area (Å²) in [6, 6.07) is 15.7. The lowest BCUT2D eigenvalue weighted by Gasteiger charge is -2.45. The van der Waals surface area contributed by atoms with E-state index in [1.807, 2.05) is 42.5 Å². The molecule has 1 fully saturated rings. The molecule has 3 heterocycles. The van der Waals surface area contributed by atoms with Crippen LogP contribution in [0, 0.1) is 0 Å². The molecule has 5 rings (SSSR count). The average molecular weight is 575 g/mol. The molecule has 1 amide bonds. The van der Waals surface area contributed by atoms with E-state index < -0.39 is 24.7 Å². The minimum absolute atomic E-state index is 0.199. The molecule has 220 valence electrons. The zero-order valence-corrected chi connectivity index (χ0v) is 22.8. The number of fused-ring (bicyclic) bond motifs is 4. The highest BCUT2D eigenvalue weighted by molar-refractivity contribution is 5.87. The molecule has 0 saturated carbocycles. The molecule has 3 aromatic rings. The zero-order chi connectivity index (χ0) is 29.0. The van der Waals surface area contributed by atoms with Crippen LogP contribution in [0.15, 0.2) is 48.5 Å². The maximum Gasteiger partial charge on any atom is 0.490 e. The van der Waals surface area contributed by atoms with Gasteiger partial charge in [0.1, 0.15) is 18.1 Å². The first-order valence-electron chi connectivity index (χ1n) is 13.5. The molecule has 41 heavy (non-hydrogen) atoms. The molecule has 0 bridgehead atoms. The van der Waals surface area contributed by atoms with E-state index in [4.69, 9.17) is 9.47 Å². The van der Waals surface area contributed by atoms with Gasteiger partial charge in [0.05, 0.1) is 12.6 Å². The van der Waals surface area contributed by atoms with Crippen LogP contribution in [0.25, 0.3) is 10.9 Å². The Kier molecular flexibility index (Phi) is 8.41. The Morgan fingerprint density at radius 3 is 2.63 bits per heavy atom. The molecule has 0 radical (unpaired) electrons. The Hall–Kier alpha value is -3.77. The Morgan fingerprint density at radius 1 is 1.07 bits per heavy atom. The fraction of sp³-hybridized carbons (Fsp3) is 0.448. The molecule has 2 aliphatic heterocycles. The number of esters is 1. The summed E-state index contributed by atoms with van der Waals surface area (Å²) >= 11 is 0. The molecule has 9 nitrogen and oxygen atoms in total. The predicted molar refractivity (Wildman–Crippen MR) is 145 cm³/mol. The highest BCUT2D eigenvalue weighted by Gasteiger charge is 2.48. The number of carbonyl (C=O) groups excluding carboxylic acids is 2. The van der Waals surface area contributed by atoms with Crippen molar-refractivity contribution in [3.8, 4) is 11.5 Å². The molecule has 2 aliphatic rings. The van der Waals surface area contributed by atoms with Gasteiger partial charge in [0, 0.05) is 55.9 Å². The molecule has 1 unspecified atom stereocenters. The number of likely N-dealkylation sites (tertiary alicyclic amines) is 1. The van der Waals surface area contributed by atoms with E-state index in [1.54, 1.807) is 7.11 Å². The van der Waals surface area contributed by atoms with Crippen LogP contribution in [-0.2, 0) is 26.3 Å². The fourth-order valence-electron chi connectivity index (χ4n) is 5.88. The third-order valence-electron chi connectivity index (χ3n) is 7.83. The standard InChI is InChI=1S/C29H33F3N4O5/c1-39-21-7-8-24-23(17-21)22-9-12-36(14-11-33-25(37)18-41-27(38)29(30,31)32)28(26(22)34-24)10-13-35(19-28)15-16-40-20-5-3-2-4-6-20/h2-8,17,34H,9-16,18-19H2,1H3,(H,33,37). The molecule has 1 saturated heterocycles. The van der Waals surface area contributed by atoms with Gasteiger partial charge in [0.2, 0.25) is 0 Å². The Labute approximate surface area is 235 Å². The van der Waals surface area contributed by atoms with Crippen LogP contribution in [0.2, 0.25) is 0 Å². The summed E-state index contributed by atoms with van der Waals surface area (Å²) in [5.74, 6) is -1.55. The number of para-hydroxylation sites is 1. The van der Waals surface area contributed by atoms with Gasteiger partial charge in [0.15, 0.2) is 6.61 Å². The lowest BCUT2D eigenvalue weighted by atomic mass is 9.84. The highest BCUT2D eigenvalue weighted by atomic mass is 19.4. The van der Waals surface area contributed by atoms with Gasteiger partial charge < -0.3 is 24.5 Å². The number of nitrogens with one attached hydrogen (secondary N) is 2. The smallest absolute Gasteiger partial charge is 0.490 e. The van der Waals surface area contributed by atoms with Crippen molar-refractivity contribution in [3.05, 3.63) is 59.8 Å². The van der Waals surface area contributed by atoms with Crippen molar-refractivity contribution in [2.45, 2.75) is 24.6 Å². The van der Waals surface area contributed by atoms with Crippen LogP contribution < -0.4 is 14.8 Å². The number of benzene rings is 2. The monoisotopic (exact) mass is 574 g/mol. The van der Waals surface area contributed by atoms with Gasteiger partial charge in [-0.15, -0.1) is 0 Å². The second-order valence-electron chi connectivity index (χ2n) is 10.3. The van der Waals surface area contributed by atoms with E-state index in [0.717, 1.165) is 67.1 Å². The number of halogens is 3. The van der Waals surface area contributed by atoms with Gasteiger partial charge in [-0.25, -0.2) is 4.79 Å². The molecule has 2 aromatic carbocycles. The second-order valence-corrected chi connectivity index (χ2v) is 10.3. The van der Waals surface area contributed by atoms with Crippen molar-refractivity contribution in [2.24, 2.45) is 0 Å². The highest BCUT2D eigenvalue weighted by Crippen LogP contribution is 2.45. The largest absolute Gasteiger partial charge is 0.497 e. The van der Waals surface area contributed by atoms with Crippen molar-refractivity contribution >= 4 is 22.8 Å². The number of aromatic amines is 1.